The van der Waals surface area contributed by atoms with E-state index in [0.717, 1.165) is 0 Å². The molecule has 1 fully saturated rings. The average molecular weight is 269 g/mol. The Morgan fingerprint density at radius 3 is 2.75 bits per heavy atom. The van der Waals surface area contributed by atoms with Crippen LogP contribution in [0.1, 0.15) is 12.0 Å². The van der Waals surface area contributed by atoms with Crippen LogP contribution in [0.5, 0.6) is 0 Å². The Labute approximate surface area is 117 Å². The second-order valence-corrected chi connectivity index (χ2v) is 4.63. The number of hydrogen-bond donors (Lipinski definition) is 2. The first-order chi connectivity index (χ1) is 9.67. The molecular formula is C15H15N3O2. The van der Waals surface area contributed by atoms with Crippen LogP contribution in [0.3, 0.4) is 0 Å². The summed E-state index contributed by atoms with van der Waals surface area (Å²) in [7, 11) is 0. The van der Waals surface area contributed by atoms with Gasteiger partial charge in [0.25, 0.3) is 0 Å². The van der Waals surface area contributed by atoms with Gasteiger partial charge in [-0.3, -0.25) is 9.59 Å². The SMILES string of the molecule is C=CCNC(=O)C1CC1C(=O)Nc1ccccc1C#N. The van der Waals surface area contributed by atoms with Gasteiger partial charge in [0.15, 0.2) is 0 Å². The number of carbonyl (C=O) groups is 2. The normalized spacial score (nSPS) is 19.6. The van der Waals surface area contributed by atoms with Gasteiger partial charge in [-0.25, -0.2) is 0 Å². The highest BCUT2D eigenvalue weighted by Gasteiger charge is 2.47. The molecule has 2 unspecified atom stereocenters. The predicted molar refractivity (Wildman–Crippen MR) is 74.6 cm³/mol. The van der Waals surface area contributed by atoms with Crippen LogP contribution in [0.4, 0.5) is 5.69 Å². The van der Waals surface area contributed by atoms with Crippen LogP contribution in [0.25, 0.3) is 0 Å². The molecule has 0 aromatic heterocycles. The molecule has 1 saturated carbocycles. The highest BCUT2D eigenvalue weighted by Crippen LogP contribution is 2.39. The first-order valence-electron chi connectivity index (χ1n) is 6.36. The van der Waals surface area contributed by atoms with Crippen molar-refractivity contribution >= 4 is 17.5 Å². The zero-order valence-electron chi connectivity index (χ0n) is 10.9. The minimum Gasteiger partial charge on any atom is -0.352 e. The molecule has 1 aromatic rings. The van der Waals surface area contributed by atoms with Crippen molar-refractivity contribution in [1.82, 2.24) is 5.32 Å². The van der Waals surface area contributed by atoms with Gasteiger partial charge in [-0.1, -0.05) is 18.2 Å². The number of anilines is 1. The van der Waals surface area contributed by atoms with Gasteiger partial charge < -0.3 is 10.6 Å². The first-order valence-corrected chi connectivity index (χ1v) is 6.36. The molecule has 1 aromatic carbocycles. The van der Waals surface area contributed by atoms with E-state index in [2.05, 4.69) is 17.2 Å². The molecule has 5 heteroatoms. The second-order valence-electron chi connectivity index (χ2n) is 4.63. The lowest BCUT2D eigenvalue weighted by molar-refractivity contribution is -0.125. The average Bonchev–Trinajstić information content (AvgIpc) is 3.26. The zero-order chi connectivity index (χ0) is 14.5. The molecule has 5 nitrogen and oxygen atoms in total. The molecule has 1 aliphatic carbocycles. The summed E-state index contributed by atoms with van der Waals surface area (Å²) in [4.78, 5) is 23.7. The van der Waals surface area contributed by atoms with E-state index in [0.29, 0.717) is 24.2 Å². The van der Waals surface area contributed by atoms with E-state index in [9.17, 15) is 9.59 Å². The summed E-state index contributed by atoms with van der Waals surface area (Å²) in [5, 5.41) is 14.3. The van der Waals surface area contributed by atoms with Gasteiger partial charge in [-0.05, 0) is 18.6 Å². The summed E-state index contributed by atoms with van der Waals surface area (Å²) >= 11 is 0. The minimum atomic E-state index is -0.313. The number of hydrogen-bond acceptors (Lipinski definition) is 3. The molecule has 20 heavy (non-hydrogen) atoms. The quantitative estimate of drug-likeness (QED) is 0.793. The maximum absolute atomic E-state index is 12.0. The molecule has 0 heterocycles. The van der Waals surface area contributed by atoms with E-state index in [-0.39, 0.29) is 23.7 Å². The lowest BCUT2D eigenvalue weighted by Gasteiger charge is -2.06. The summed E-state index contributed by atoms with van der Waals surface area (Å²) in [6.45, 7) is 3.92. The van der Waals surface area contributed by atoms with Crippen molar-refractivity contribution in [2.75, 3.05) is 11.9 Å². The molecule has 2 N–H and O–H groups in total. The van der Waals surface area contributed by atoms with Gasteiger partial charge in [0, 0.05) is 6.54 Å². The van der Waals surface area contributed by atoms with Crippen LogP contribution in [0.15, 0.2) is 36.9 Å². The number of amides is 2. The van der Waals surface area contributed by atoms with E-state index in [1.54, 1.807) is 30.3 Å². The van der Waals surface area contributed by atoms with E-state index in [4.69, 9.17) is 5.26 Å². The van der Waals surface area contributed by atoms with Gasteiger partial charge in [-0.15, -0.1) is 6.58 Å². The Balaban J connectivity index is 1.93. The molecule has 2 rings (SSSR count). The summed E-state index contributed by atoms with van der Waals surface area (Å²) < 4.78 is 0. The standard InChI is InChI=1S/C15H15N3O2/c1-2-7-17-14(19)11-8-12(11)15(20)18-13-6-4-3-5-10(13)9-16/h2-6,11-12H,1,7-8H2,(H,17,19)(H,18,20). The number of rotatable bonds is 5. The monoisotopic (exact) mass is 269 g/mol. The van der Waals surface area contributed by atoms with Crippen molar-refractivity contribution in [3.8, 4) is 6.07 Å². The fourth-order valence-corrected chi connectivity index (χ4v) is 1.99. The number of benzene rings is 1. The van der Waals surface area contributed by atoms with Crippen molar-refractivity contribution in [1.29, 1.82) is 5.26 Å². The van der Waals surface area contributed by atoms with Gasteiger partial charge in [0.1, 0.15) is 6.07 Å². The zero-order valence-corrected chi connectivity index (χ0v) is 10.9. The second kappa shape index (κ2) is 6.02. The van der Waals surface area contributed by atoms with Crippen LogP contribution in [-0.2, 0) is 9.59 Å². The third kappa shape index (κ3) is 3.04. The Bertz CT molecular complexity index is 589. The first kappa shape index (κ1) is 13.8. The van der Waals surface area contributed by atoms with Gasteiger partial charge in [0.05, 0.1) is 23.1 Å². The molecule has 102 valence electrons. The van der Waals surface area contributed by atoms with E-state index >= 15 is 0 Å². The fourth-order valence-electron chi connectivity index (χ4n) is 1.99. The molecule has 0 spiro atoms. The van der Waals surface area contributed by atoms with Crippen molar-refractivity contribution in [3.05, 3.63) is 42.5 Å². The van der Waals surface area contributed by atoms with Crippen molar-refractivity contribution in [2.45, 2.75) is 6.42 Å². The smallest absolute Gasteiger partial charge is 0.228 e. The predicted octanol–water partition coefficient (Wildman–Crippen LogP) is 1.44. The van der Waals surface area contributed by atoms with Crippen LogP contribution >= 0.6 is 0 Å². The lowest BCUT2D eigenvalue weighted by atomic mass is 10.2. The Kier molecular flexibility index (Phi) is 4.16. The summed E-state index contributed by atoms with van der Waals surface area (Å²) in [6.07, 6.45) is 2.14. The molecular weight excluding hydrogens is 254 g/mol. The number of carbonyl (C=O) groups excluding carboxylic acids is 2. The summed E-state index contributed by atoms with van der Waals surface area (Å²) in [6, 6.07) is 8.81. The highest BCUT2D eigenvalue weighted by molar-refractivity contribution is 6.00. The largest absolute Gasteiger partial charge is 0.352 e. The molecule has 0 bridgehead atoms. The highest BCUT2D eigenvalue weighted by atomic mass is 16.2. The van der Waals surface area contributed by atoms with Crippen LogP contribution < -0.4 is 10.6 Å². The number of nitrogens with one attached hydrogen (secondary N) is 2. The number of para-hydroxylation sites is 1. The molecule has 2 amide bonds. The van der Waals surface area contributed by atoms with Gasteiger partial charge in [-0.2, -0.15) is 5.26 Å². The molecule has 0 saturated heterocycles. The summed E-state index contributed by atoms with van der Waals surface area (Å²) in [5.74, 6) is -0.930. The van der Waals surface area contributed by atoms with Crippen LogP contribution in [-0.4, -0.2) is 18.4 Å². The van der Waals surface area contributed by atoms with E-state index in [1.165, 1.54) is 0 Å². The summed E-state index contributed by atoms with van der Waals surface area (Å²) in [5.41, 5.74) is 0.895. The molecule has 0 radical (unpaired) electrons. The third-order valence-corrected chi connectivity index (χ3v) is 3.19. The van der Waals surface area contributed by atoms with E-state index < -0.39 is 0 Å². The van der Waals surface area contributed by atoms with Gasteiger partial charge in [0.2, 0.25) is 11.8 Å². The Hall–Kier alpha value is -2.61. The molecule has 0 aliphatic heterocycles. The topological polar surface area (TPSA) is 82.0 Å². The maximum atomic E-state index is 12.0. The van der Waals surface area contributed by atoms with E-state index in [1.807, 2.05) is 6.07 Å². The molecule has 2 atom stereocenters. The number of nitrogens with zero attached hydrogens (tertiary/aromatic N) is 1. The van der Waals surface area contributed by atoms with Gasteiger partial charge >= 0.3 is 0 Å². The van der Waals surface area contributed by atoms with Crippen molar-refractivity contribution in [3.63, 3.8) is 0 Å². The fraction of sp³-hybridized carbons (Fsp3) is 0.267. The molecule has 1 aliphatic rings. The maximum Gasteiger partial charge on any atom is 0.228 e. The van der Waals surface area contributed by atoms with Crippen LogP contribution in [0.2, 0.25) is 0 Å². The Morgan fingerprint density at radius 1 is 1.35 bits per heavy atom. The lowest BCUT2D eigenvalue weighted by Crippen LogP contribution is -2.27. The van der Waals surface area contributed by atoms with Crippen molar-refractivity contribution in [2.24, 2.45) is 11.8 Å². The van der Waals surface area contributed by atoms with Crippen LogP contribution in [0, 0.1) is 23.2 Å². The van der Waals surface area contributed by atoms with Crippen molar-refractivity contribution < 1.29 is 9.59 Å². The Morgan fingerprint density at radius 2 is 2.05 bits per heavy atom. The third-order valence-electron chi connectivity index (χ3n) is 3.19. The number of nitriles is 1. The minimum absolute atomic E-state index is 0.126.